The summed E-state index contributed by atoms with van der Waals surface area (Å²) < 4.78 is 6.29. The monoisotopic (exact) mass is 558 g/mol. The maximum atomic E-state index is 12.5. The first-order valence-corrected chi connectivity index (χ1v) is 14.6. The molecule has 1 aromatic heterocycles. The fraction of sp³-hybridized carbons (Fsp3) is 0.484. The van der Waals surface area contributed by atoms with Crippen LogP contribution in [0.25, 0.3) is 6.08 Å². The topological polar surface area (TPSA) is 85.6 Å². The molecule has 0 bridgehead atoms. The van der Waals surface area contributed by atoms with Crippen molar-refractivity contribution in [3.63, 3.8) is 0 Å². The van der Waals surface area contributed by atoms with Crippen LogP contribution >= 0.6 is 11.6 Å². The highest BCUT2D eigenvalue weighted by atomic mass is 35.5. The van der Waals surface area contributed by atoms with Gasteiger partial charge in [0, 0.05) is 48.1 Å². The molecule has 8 nitrogen and oxygen atoms in total. The third-order valence-electron chi connectivity index (χ3n) is 9.16. The molecule has 0 saturated carbocycles. The molecule has 40 heavy (non-hydrogen) atoms. The van der Waals surface area contributed by atoms with E-state index in [1.807, 2.05) is 12.1 Å². The number of carbonyl (C=O) groups excluding carboxylic acids is 1. The number of hydrogen-bond donors (Lipinski definition) is 0. The zero-order chi connectivity index (χ0) is 27.9. The molecule has 208 valence electrons. The van der Waals surface area contributed by atoms with Gasteiger partial charge in [0.25, 0.3) is 0 Å². The average molecular weight is 559 g/mol. The van der Waals surface area contributed by atoms with Crippen molar-refractivity contribution in [3.8, 4) is 12.1 Å². The molecule has 2 saturated heterocycles. The van der Waals surface area contributed by atoms with E-state index in [2.05, 4.69) is 47.7 Å². The van der Waals surface area contributed by atoms with E-state index in [9.17, 15) is 10.1 Å². The molecule has 2 fully saturated rings. The number of rotatable bonds is 6. The first-order valence-electron chi connectivity index (χ1n) is 14.2. The Balaban J connectivity index is 1.34. The predicted molar refractivity (Wildman–Crippen MR) is 156 cm³/mol. The molecule has 1 spiro atoms. The third kappa shape index (κ3) is 4.76. The van der Waals surface area contributed by atoms with Gasteiger partial charge in [-0.1, -0.05) is 42.5 Å². The first-order chi connectivity index (χ1) is 19.4. The minimum absolute atomic E-state index is 0.137. The third-order valence-corrected chi connectivity index (χ3v) is 9.49. The van der Waals surface area contributed by atoms with Gasteiger partial charge in [-0.25, -0.2) is 0 Å². The molecular formula is C31H35ClN6O2. The molecule has 1 amide bonds. The number of hydrogen-bond acceptors (Lipinski definition) is 7. The number of carbonyl (C=O) groups is 1. The predicted octanol–water partition coefficient (Wildman–Crippen LogP) is 4.17. The number of halogens is 1. The number of nitriles is 1. The van der Waals surface area contributed by atoms with Gasteiger partial charge in [-0.3, -0.25) is 4.79 Å². The number of ether oxygens (including phenoxy) is 1. The van der Waals surface area contributed by atoms with E-state index >= 15 is 0 Å². The van der Waals surface area contributed by atoms with Crippen LogP contribution in [0, 0.1) is 11.3 Å². The normalized spacial score (nSPS) is 25.5. The summed E-state index contributed by atoms with van der Waals surface area (Å²) in [4.78, 5) is 28.8. The Kier molecular flexibility index (Phi) is 7.28. The highest BCUT2D eigenvalue weighted by molar-refractivity contribution is 6.32. The number of benzene rings is 1. The van der Waals surface area contributed by atoms with Crippen LogP contribution in [0.15, 0.2) is 36.9 Å². The summed E-state index contributed by atoms with van der Waals surface area (Å²) in [6.07, 6.45) is 10.8. The number of likely N-dealkylation sites (tertiary alicyclic amines) is 1. The average Bonchev–Trinajstić information content (AvgIpc) is 3.54. The second-order valence-corrected chi connectivity index (χ2v) is 11.8. The number of piperazine rings is 1. The summed E-state index contributed by atoms with van der Waals surface area (Å²) in [6, 6.07) is 8.95. The van der Waals surface area contributed by atoms with Crippen LogP contribution < -0.4 is 9.64 Å². The van der Waals surface area contributed by atoms with Gasteiger partial charge in [0.15, 0.2) is 0 Å². The van der Waals surface area contributed by atoms with Gasteiger partial charge in [-0.15, -0.1) is 0 Å². The highest BCUT2D eigenvalue weighted by Gasteiger charge is 2.42. The summed E-state index contributed by atoms with van der Waals surface area (Å²) in [5.41, 5.74) is 4.35. The highest BCUT2D eigenvalue weighted by Crippen LogP contribution is 2.48. The van der Waals surface area contributed by atoms with Gasteiger partial charge in [0.05, 0.1) is 24.2 Å². The van der Waals surface area contributed by atoms with Crippen molar-refractivity contribution in [1.82, 2.24) is 19.8 Å². The van der Waals surface area contributed by atoms with Gasteiger partial charge >= 0.3 is 6.01 Å². The Labute approximate surface area is 240 Å². The second kappa shape index (κ2) is 10.9. The molecule has 9 heteroatoms. The van der Waals surface area contributed by atoms with Crippen molar-refractivity contribution in [2.45, 2.75) is 56.0 Å². The lowest BCUT2D eigenvalue weighted by Crippen LogP contribution is -2.55. The van der Waals surface area contributed by atoms with E-state index in [0.717, 1.165) is 59.9 Å². The Hall–Kier alpha value is -3.41. The molecule has 0 N–H and O–H groups in total. The van der Waals surface area contributed by atoms with Crippen LogP contribution in [0.2, 0.25) is 5.02 Å². The fourth-order valence-corrected chi connectivity index (χ4v) is 7.14. The summed E-state index contributed by atoms with van der Waals surface area (Å²) in [5, 5.41) is 10.3. The van der Waals surface area contributed by atoms with E-state index in [1.54, 1.807) is 4.90 Å². The number of anilines is 1. The minimum Gasteiger partial charge on any atom is -0.462 e. The van der Waals surface area contributed by atoms with Crippen molar-refractivity contribution in [3.05, 3.63) is 64.3 Å². The lowest BCUT2D eigenvalue weighted by molar-refractivity contribution is -0.128. The van der Waals surface area contributed by atoms with Crippen LogP contribution in [0.4, 0.5) is 5.82 Å². The molecule has 2 aliphatic heterocycles. The summed E-state index contributed by atoms with van der Waals surface area (Å²) in [5.74, 6) is 0.734. The SMILES string of the molecule is C=CC(=O)N1CCN(c2nc(OC[C@@H]3CCCN3C)nc3c2CC[C@@]2(C=Cc4c(Cl)cccc42)C3)C[C@@H]1CC#N. The Bertz CT molecular complexity index is 1400. The zero-order valence-electron chi connectivity index (χ0n) is 23.0. The van der Waals surface area contributed by atoms with Gasteiger partial charge in [-0.2, -0.15) is 15.2 Å². The number of allylic oxidation sites excluding steroid dienone is 1. The van der Waals surface area contributed by atoms with Crippen molar-refractivity contribution in [2.75, 3.05) is 44.7 Å². The second-order valence-electron chi connectivity index (χ2n) is 11.4. The zero-order valence-corrected chi connectivity index (χ0v) is 23.7. The number of fused-ring (bicyclic) bond motifs is 3. The standard InChI is InChI=1S/C31H35ClN6O2/c1-3-28(39)38-17-16-37(19-21(38)11-14-33)29-24-10-13-31(12-9-23-25(31)7-4-8-26(23)32)18-27(24)34-30(35-29)40-20-22-6-5-15-36(22)2/h3-4,7-9,12,21-22H,1,5-6,10-11,13,15-20H2,2H3/t21-,22-,31-/m0/s1. The number of amides is 1. The Morgan fingerprint density at radius 1 is 1.30 bits per heavy atom. The van der Waals surface area contributed by atoms with Crippen molar-refractivity contribution in [1.29, 1.82) is 5.26 Å². The molecule has 0 radical (unpaired) electrons. The maximum Gasteiger partial charge on any atom is 0.318 e. The number of likely N-dealkylation sites (N-methyl/N-ethyl adjacent to an activating group) is 1. The Morgan fingerprint density at radius 2 is 2.17 bits per heavy atom. The smallest absolute Gasteiger partial charge is 0.318 e. The first kappa shape index (κ1) is 26.8. The molecule has 3 atom stereocenters. The largest absolute Gasteiger partial charge is 0.462 e. The number of nitrogens with zero attached hydrogens (tertiary/aromatic N) is 6. The number of aromatic nitrogens is 2. The Morgan fingerprint density at radius 3 is 2.95 bits per heavy atom. The van der Waals surface area contributed by atoms with Crippen LogP contribution in [0.3, 0.4) is 0 Å². The van der Waals surface area contributed by atoms with E-state index in [1.165, 1.54) is 18.1 Å². The van der Waals surface area contributed by atoms with E-state index < -0.39 is 0 Å². The quantitative estimate of drug-likeness (QED) is 0.492. The van der Waals surface area contributed by atoms with Gasteiger partial charge in [0.1, 0.15) is 12.4 Å². The van der Waals surface area contributed by atoms with Crippen LogP contribution in [0.5, 0.6) is 6.01 Å². The molecule has 2 aromatic rings. The lowest BCUT2D eigenvalue weighted by Gasteiger charge is -2.42. The molecule has 3 heterocycles. The lowest BCUT2D eigenvalue weighted by atomic mass is 9.70. The molecule has 2 aliphatic carbocycles. The van der Waals surface area contributed by atoms with Crippen LogP contribution in [-0.4, -0.2) is 77.6 Å². The fourth-order valence-electron chi connectivity index (χ4n) is 6.90. The van der Waals surface area contributed by atoms with Crippen LogP contribution in [-0.2, 0) is 23.1 Å². The maximum absolute atomic E-state index is 12.5. The summed E-state index contributed by atoms with van der Waals surface area (Å²) in [7, 11) is 2.14. The molecule has 6 rings (SSSR count). The van der Waals surface area contributed by atoms with Gasteiger partial charge in [-0.05, 0) is 62.5 Å². The summed E-state index contributed by atoms with van der Waals surface area (Å²) in [6.45, 7) is 6.95. The molecule has 4 aliphatic rings. The van der Waals surface area contributed by atoms with Crippen molar-refractivity contribution < 1.29 is 9.53 Å². The minimum atomic E-state index is -0.229. The van der Waals surface area contributed by atoms with Crippen LogP contribution in [0.1, 0.15) is 48.1 Å². The molecule has 1 aromatic carbocycles. The van der Waals surface area contributed by atoms with Crippen molar-refractivity contribution in [2.24, 2.45) is 0 Å². The van der Waals surface area contributed by atoms with Gasteiger partial charge in [0.2, 0.25) is 5.91 Å². The van der Waals surface area contributed by atoms with Gasteiger partial charge < -0.3 is 19.4 Å². The van der Waals surface area contributed by atoms with E-state index in [4.69, 9.17) is 26.3 Å². The summed E-state index contributed by atoms with van der Waals surface area (Å²) >= 11 is 6.56. The van der Waals surface area contributed by atoms with E-state index in [0.29, 0.717) is 38.3 Å². The van der Waals surface area contributed by atoms with Crippen molar-refractivity contribution >= 4 is 29.4 Å². The molecule has 0 unspecified atom stereocenters. The van der Waals surface area contributed by atoms with E-state index in [-0.39, 0.29) is 23.8 Å². The molecular weight excluding hydrogens is 524 g/mol.